The van der Waals surface area contributed by atoms with Crippen LogP contribution in [0.4, 0.5) is 57.1 Å². The Morgan fingerprint density at radius 3 is 1.49 bits per heavy atom. The number of nitrogens with zero attached hydrogens (tertiary/aromatic N) is 2. The SMILES string of the molecule is C[N+](C)(CCO)CCCN(CCCS(=O)(=O)[O-])S(=O)(=O)C(F)(F)C(F)(F)C(F)(F)C(F)(F)C(F)(F)C(F)(F)F. The lowest BCUT2D eigenvalue weighted by Gasteiger charge is -2.40. The van der Waals surface area contributed by atoms with Gasteiger partial charge < -0.3 is 14.1 Å². The summed E-state index contributed by atoms with van der Waals surface area (Å²) in [6.07, 6.45) is -9.56. The molecule has 0 saturated carbocycles. The van der Waals surface area contributed by atoms with E-state index in [-0.39, 0.29) is 17.6 Å². The Bertz CT molecular complexity index is 1050. The van der Waals surface area contributed by atoms with Crippen LogP contribution < -0.4 is 0 Å². The van der Waals surface area contributed by atoms with Crippen molar-refractivity contribution in [1.82, 2.24) is 4.31 Å². The molecule has 0 bridgehead atoms. The van der Waals surface area contributed by atoms with Crippen molar-refractivity contribution in [2.45, 2.75) is 48.0 Å². The first-order chi connectivity index (χ1) is 16.9. The van der Waals surface area contributed by atoms with Crippen molar-refractivity contribution in [3.05, 3.63) is 0 Å². The van der Waals surface area contributed by atoms with Crippen molar-refractivity contribution >= 4 is 20.1 Å². The van der Waals surface area contributed by atoms with Gasteiger partial charge in [0.1, 0.15) is 6.54 Å². The van der Waals surface area contributed by atoms with Crippen LogP contribution in [0.5, 0.6) is 0 Å². The largest absolute Gasteiger partial charge is 0.748 e. The molecule has 0 unspecified atom stereocenters. The van der Waals surface area contributed by atoms with Crippen LogP contribution in [0.2, 0.25) is 0 Å². The third-order valence-corrected chi connectivity index (χ3v) is 7.98. The first-order valence-corrected chi connectivity index (χ1v) is 13.2. The molecule has 0 aliphatic heterocycles. The zero-order valence-corrected chi connectivity index (χ0v) is 21.4. The quantitative estimate of drug-likeness (QED) is 0.156. The number of rotatable bonds is 16. The van der Waals surface area contributed by atoms with E-state index in [0.29, 0.717) is 0 Å². The summed E-state index contributed by atoms with van der Waals surface area (Å²) in [5, 5.41) is 1.45. The zero-order valence-electron chi connectivity index (χ0n) is 19.8. The minimum Gasteiger partial charge on any atom is -0.748 e. The molecule has 0 fully saturated rings. The Hall–Kier alpha value is -1.17. The molecule has 0 rings (SSSR count). The Balaban J connectivity index is 6.62. The van der Waals surface area contributed by atoms with E-state index in [4.69, 9.17) is 5.11 Å². The number of hydrogen-bond donors (Lipinski definition) is 1. The van der Waals surface area contributed by atoms with Crippen LogP contribution >= 0.6 is 0 Å². The maximum Gasteiger partial charge on any atom is 0.460 e. The molecular formula is C16H23F13N2O6S2. The second-order valence-corrected chi connectivity index (χ2v) is 12.3. The summed E-state index contributed by atoms with van der Waals surface area (Å²) < 4.78 is 230. The van der Waals surface area contributed by atoms with Gasteiger partial charge in [-0.2, -0.15) is 61.4 Å². The fourth-order valence-corrected chi connectivity index (χ4v) is 4.90. The van der Waals surface area contributed by atoms with Crippen LogP contribution in [-0.2, 0) is 20.1 Å². The number of alkyl halides is 13. The highest BCUT2D eigenvalue weighted by molar-refractivity contribution is 7.90. The number of aliphatic hydroxyl groups is 1. The van der Waals surface area contributed by atoms with Crippen molar-refractivity contribution in [2.75, 3.05) is 52.6 Å². The zero-order chi connectivity index (χ0) is 31.7. The molecule has 0 radical (unpaired) electrons. The molecule has 0 aliphatic carbocycles. The van der Waals surface area contributed by atoms with E-state index >= 15 is 0 Å². The van der Waals surface area contributed by atoms with Gasteiger partial charge >= 0.3 is 35.1 Å². The van der Waals surface area contributed by atoms with Crippen molar-refractivity contribution in [3.8, 4) is 0 Å². The molecule has 0 aromatic rings. The lowest BCUT2D eigenvalue weighted by atomic mass is 9.98. The average Bonchev–Trinajstić information content (AvgIpc) is 2.69. The molecule has 236 valence electrons. The van der Waals surface area contributed by atoms with Crippen LogP contribution in [0.3, 0.4) is 0 Å². The van der Waals surface area contributed by atoms with Crippen LogP contribution in [0.15, 0.2) is 0 Å². The molecule has 0 spiro atoms. The molecule has 0 saturated heterocycles. The summed E-state index contributed by atoms with van der Waals surface area (Å²) >= 11 is 0. The van der Waals surface area contributed by atoms with Crippen LogP contribution in [-0.4, -0.2) is 123 Å². The van der Waals surface area contributed by atoms with Gasteiger partial charge in [-0.15, -0.1) is 0 Å². The molecule has 23 heteroatoms. The smallest absolute Gasteiger partial charge is 0.460 e. The van der Waals surface area contributed by atoms with Gasteiger partial charge in [-0.25, -0.2) is 16.8 Å². The Kier molecular flexibility index (Phi) is 11.3. The number of aliphatic hydroxyl groups excluding tert-OH is 1. The Labute approximate surface area is 213 Å². The van der Waals surface area contributed by atoms with Gasteiger partial charge in [-0.05, 0) is 6.42 Å². The predicted octanol–water partition coefficient (Wildman–Crippen LogP) is 2.71. The average molecular weight is 650 g/mol. The minimum absolute atomic E-state index is 0.0653. The van der Waals surface area contributed by atoms with Crippen molar-refractivity contribution in [2.24, 2.45) is 0 Å². The van der Waals surface area contributed by atoms with E-state index in [1.54, 1.807) is 0 Å². The summed E-state index contributed by atoms with van der Waals surface area (Å²) in [7, 11) is -9.84. The lowest BCUT2D eigenvalue weighted by Crippen LogP contribution is -2.72. The third kappa shape index (κ3) is 7.57. The van der Waals surface area contributed by atoms with Gasteiger partial charge in [-0.1, -0.05) is 0 Å². The number of quaternary nitrogens is 1. The highest BCUT2D eigenvalue weighted by Crippen LogP contribution is 2.61. The first kappa shape index (κ1) is 37.8. The maximum atomic E-state index is 14.4. The standard InChI is InChI=1S/C16H23F13N2O6S2/c1-31(2,8-9-32)7-3-5-30(6-4-10-38(33,34)35)39(36,37)16(28,29)14(23,24)12(19,20)11(17,18)13(21,22)15(25,26)27/h32H,3-10H2,1-2H3. The fourth-order valence-electron chi connectivity index (χ4n) is 2.91. The summed E-state index contributed by atoms with van der Waals surface area (Å²) in [5.74, 6) is -34.4. The predicted molar refractivity (Wildman–Crippen MR) is 104 cm³/mol. The molecule has 8 nitrogen and oxygen atoms in total. The van der Waals surface area contributed by atoms with E-state index in [1.165, 1.54) is 14.1 Å². The molecule has 0 heterocycles. The minimum atomic E-state index is -8.35. The molecule has 0 atom stereocenters. The highest BCUT2D eigenvalue weighted by Gasteiger charge is 2.92. The molecule has 1 N–H and O–H groups in total. The topological polar surface area (TPSA) is 115 Å². The van der Waals surface area contributed by atoms with Gasteiger partial charge in [-0.3, -0.25) is 0 Å². The monoisotopic (exact) mass is 650 g/mol. The van der Waals surface area contributed by atoms with Gasteiger partial charge in [0, 0.05) is 25.3 Å². The Morgan fingerprint density at radius 1 is 0.692 bits per heavy atom. The number of sulfonamides is 1. The summed E-state index contributed by atoms with van der Waals surface area (Å²) in [5.41, 5.74) is 0. The van der Waals surface area contributed by atoms with Crippen molar-refractivity contribution in [1.29, 1.82) is 0 Å². The molecule has 0 aliphatic rings. The number of likely N-dealkylation sites (N-methyl/N-ethyl adjacent to an activating group) is 1. The van der Waals surface area contributed by atoms with Gasteiger partial charge in [0.25, 0.3) is 10.0 Å². The number of halogens is 13. The van der Waals surface area contributed by atoms with E-state index in [1.807, 2.05) is 0 Å². The van der Waals surface area contributed by atoms with E-state index in [0.717, 1.165) is 0 Å². The summed E-state index contributed by atoms with van der Waals surface area (Å²) in [4.78, 5) is 0. The van der Waals surface area contributed by atoms with E-state index in [2.05, 4.69) is 0 Å². The van der Waals surface area contributed by atoms with Gasteiger partial charge in [0.15, 0.2) is 0 Å². The van der Waals surface area contributed by atoms with Crippen molar-refractivity contribution < 1.29 is 88.1 Å². The maximum absolute atomic E-state index is 14.4. The second-order valence-electron chi connectivity index (χ2n) is 8.79. The van der Waals surface area contributed by atoms with Crippen LogP contribution in [0, 0.1) is 0 Å². The summed E-state index contributed by atoms with van der Waals surface area (Å²) in [6.45, 7) is -3.79. The summed E-state index contributed by atoms with van der Waals surface area (Å²) in [6, 6.07) is 0. The molecular weight excluding hydrogens is 627 g/mol. The van der Waals surface area contributed by atoms with E-state index in [9.17, 15) is 78.5 Å². The molecule has 0 amide bonds. The molecule has 0 aromatic heterocycles. The highest BCUT2D eigenvalue weighted by atomic mass is 32.2. The van der Waals surface area contributed by atoms with Crippen LogP contribution in [0.25, 0.3) is 0 Å². The van der Waals surface area contributed by atoms with E-state index < -0.39 is 97.9 Å². The fraction of sp³-hybridized carbons (Fsp3) is 1.00. The van der Waals surface area contributed by atoms with Gasteiger partial charge in [0.2, 0.25) is 0 Å². The normalized spacial score (nSPS) is 15.7. The van der Waals surface area contributed by atoms with Crippen molar-refractivity contribution in [3.63, 3.8) is 0 Å². The third-order valence-electron chi connectivity index (χ3n) is 5.25. The second kappa shape index (κ2) is 11.6. The van der Waals surface area contributed by atoms with Crippen LogP contribution in [0.1, 0.15) is 12.8 Å². The lowest BCUT2D eigenvalue weighted by molar-refractivity contribution is -0.890. The Morgan fingerprint density at radius 2 is 1.10 bits per heavy atom. The molecule has 39 heavy (non-hydrogen) atoms. The molecule has 0 aromatic carbocycles. The van der Waals surface area contributed by atoms with Gasteiger partial charge in [0.05, 0.1) is 37.4 Å². The first-order valence-electron chi connectivity index (χ1n) is 10.2. The number of hydrogen-bond acceptors (Lipinski definition) is 6.